The highest BCUT2D eigenvalue weighted by Gasteiger charge is 2.39. The molecular weight excluding hydrogens is 199 g/mol. The molecule has 13 heavy (non-hydrogen) atoms. The first kappa shape index (κ1) is 11.8. The van der Waals surface area contributed by atoms with Crippen LogP contribution in [0, 0.1) is 0 Å². The highest BCUT2D eigenvalue weighted by atomic mass is 31.1. The van der Waals surface area contributed by atoms with Crippen molar-refractivity contribution in [1.82, 2.24) is 0 Å². The van der Waals surface area contributed by atoms with Crippen LogP contribution in [0.25, 0.3) is 0 Å². The molecule has 1 unspecified atom stereocenters. The maximum Gasteiger partial charge on any atom is 0.333 e. The van der Waals surface area contributed by atoms with E-state index in [4.69, 9.17) is 10.2 Å². The predicted molar refractivity (Wildman–Crippen MR) is 41.2 cm³/mol. The highest BCUT2D eigenvalue weighted by molar-refractivity contribution is 7.34. The van der Waals surface area contributed by atoms with Crippen molar-refractivity contribution >= 4 is 19.6 Å². The number of carboxylic acids is 2. The average Bonchev–Trinajstić information content (AvgIpc) is 1.99. The molecule has 0 aliphatic carbocycles. The minimum atomic E-state index is -3.18. The zero-order valence-corrected chi connectivity index (χ0v) is 7.78. The Morgan fingerprint density at radius 3 is 2.00 bits per heavy atom. The van der Waals surface area contributed by atoms with Crippen LogP contribution in [0.5, 0.6) is 0 Å². The van der Waals surface area contributed by atoms with Gasteiger partial charge in [-0.2, -0.15) is 0 Å². The molecule has 0 aromatic carbocycles. The number of carbonyl (C=O) groups is 2. The van der Waals surface area contributed by atoms with Crippen LogP contribution in [0.3, 0.4) is 0 Å². The molecular formula is C6H9O6P. The molecule has 0 radical (unpaired) electrons. The molecule has 7 heteroatoms. The first-order chi connectivity index (χ1) is 5.80. The van der Waals surface area contributed by atoms with E-state index in [9.17, 15) is 18.7 Å². The first-order valence-electron chi connectivity index (χ1n) is 3.40. The van der Waals surface area contributed by atoms with Gasteiger partial charge in [-0.3, -0.25) is 9.59 Å². The molecule has 0 aliphatic rings. The second-order valence-corrected chi connectivity index (χ2v) is 4.23. The third-order valence-corrected chi connectivity index (χ3v) is 2.91. The second-order valence-electron chi connectivity index (χ2n) is 2.73. The van der Waals surface area contributed by atoms with Crippen molar-refractivity contribution in [2.75, 3.05) is 0 Å². The van der Waals surface area contributed by atoms with E-state index in [1.165, 1.54) is 0 Å². The standard InChI is InChI=1S/C6H9O6P/c1-6(5(9)10,13(11)12)3-2-4(7)8/h2-3H2,1H3,(H,7,8)(H,9,10). The Balaban J connectivity index is 4.62. The monoisotopic (exact) mass is 208 g/mol. The van der Waals surface area contributed by atoms with Crippen LogP contribution in [0.15, 0.2) is 0 Å². The summed E-state index contributed by atoms with van der Waals surface area (Å²) in [6.45, 7) is 0.990. The fraction of sp³-hybridized carbons (Fsp3) is 0.667. The van der Waals surface area contributed by atoms with E-state index in [1.807, 2.05) is 0 Å². The molecule has 0 aliphatic heterocycles. The quantitative estimate of drug-likeness (QED) is 0.648. The lowest BCUT2D eigenvalue weighted by molar-refractivity contribution is -0.140. The van der Waals surface area contributed by atoms with Crippen molar-refractivity contribution in [2.45, 2.75) is 24.9 Å². The Morgan fingerprint density at radius 2 is 1.77 bits per heavy atom. The van der Waals surface area contributed by atoms with Gasteiger partial charge in [-0.15, -0.1) is 0 Å². The zero-order valence-electron chi connectivity index (χ0n) is 6.89. The number of carboxylic acid groups (broad SMARTS) is 2. The van der Waals surface area contributed by atoms with Crippen LogP contribution in [0.1, 0.15) is 19.8 Å². The van der Waals surface area contributed by atoms with Crippen LogP contribution in [0.2, 0.25) is 0 Å². The van der Waals surface area contributed by atoms with E-state index in [-0.39, 0.29) is 0 Å². The van der Waals surface area contributed by atoms with Gasteiger partial charge in [-0.1, -0.05) is 0 Å². The molecule has 0 rings (SSSR count). The van der Waals surface area contributed by atoms with Crippen molar-refractivity contribution in [3.8, 4) is 0 Å². The summed E-state index contributed by atoms with van der Waals surface area (Å²) in [5.41, 5.74) is 0. The summed E-state index contributed by atoms with van der Waals surface area (Å²) in [5, 5.41) is 14.8. The van der Waals surface area contributed by atoms with Crippen LogP contribution < -0.4 is 0 Å². The number of aliphatic carboxylic acids is 2. The molecule has 0 amide bonds. The molecule has 0 spiro atoms. The van der Waals surface area contributed by atoms with E-state index in [2.05, 4.69) is 0 Å². The maximum absolute atomic E-state index is 10.5. The predicted octanol–water partition coefficient (Wildman–Crippen LogP) is 0.867. The molecule has 0 heterocycles. The van der Waals surface area contributed by atoms with E-state index < -0.39 is 37.6 Å². The zero-order chi connectivity index (χ0) is 10.6. The molecule has 0 aromatic heterocycles. The summed E-state index contributed by atoms with van der Waals surface area (Å²) in [6.07, 6.45) is -0.900. The van der Waals surface area contributed by atoms with Gasteiger partial charge in [0.1, 0.15) is 0 Å². The van der Waals surface area contributed by atoms with Gasteiger partial charge < -0.3 is 10.2 Å². The molecule has 0 saturated heterocycles. The van der Waals surface area contributed by atoms with Gasteiger partial charge in [-0.05, 0) is 13.3 Å². The minimum Gasteiger partial charge on any atom is -0.481 e. The number of hydrogen-bond acceptors (Lipinski definition) is 4. The summed E-state index contributed by atoms with van der Waals surface area (Å²) in [7, 11) is -3.18. The second kappa shape index (κ2) is 4.18. The van der Waals surface area contributed by atoms with E-state index in [1.54, 1.807) is 0 Å². The lowest BCUT2D eigenvalue weighted by atomic mass is 10.1. The van der Waals surface area contributed by atoms with Gasteiger partial charge >= 0.3 is 19.6 Å². The summed E-state index contributed by atoms with van der Waals surface area (Å²) in [4.78, 5) is 20.6. The Bertz CT molecular complexity index is 285. The van der Waals surface area contributed by atoms with Gasteiger partial charge in [-0.25, -0.2) is 9.13 Å². The molecule has 6 nitrogen and oxygen atoms in total. The minimum absolute atomic E-state index is 0.420. The van der Waals surface area contributed by atoms with Crippen molar-refractivity contribution in [2.24, 2.45) is 0 Å². The largest absolute Gasteiger partial charge is 0.481 e. The summed E-state index contributed by atoms with van der Waals surface area (Å²) in [5.74, 6) is -2.74. The summed E-state index contributed by atoms with van der Waals surface area (Å²) < 4.78 is 21.1. The van der Waals surface area contributed by atoms with Crippen LogP contribution in [-0.4, -0.2) is 27.3 Å². The van der Waals surface area contributed by atoms with Gasteiger partial charge in [0.25, 0.3) is 0 Å². The lowest BCUT2D eigenvalue weighted by Gasteiger charge is -2.13. The average molecular weight is 208 g/mol. The van der Waals surface area contributed by atoms with E-state index in [0.717, 1.165) is 6.92 Å². The normalized spacial score (nSPS) is 14.5. The lowest BCUT2D eigenvalue weighted by Crippen LogP contribution is -2.30. The van der Waals surface area contributed by atoms with Crippen molar-refractivity contribution in [3.63, 3.8) is 0 Å². The highest BCUT2D eigenvalue weighted by Crippen LogP contribution is 2.33. The third-order valence-electron chi connectivity index (χ3n) is 1.69. The van der Waals surface area contributed by atoms with Crippen LogP contribution >= 0.6 is 7.68 Å². The van der Waals surface area contributed by atoms with Crippen LogP contribution in [0.4, 0.5) is 0 Å². The first-order valence-corrected chi connectivity index (χ1v) is 4.58. The fourth-order valence-electron chi connectivity index (χ4n) is 0.627. The van der Waals surface area contributed by atoms with E-state index >= 15 is 0 Å². The van der Waals surface area contributed by atoms with Crippen molar-refractivity contribution in [1.29, 1.82) is 0 Å². The van der Waals surface area contributed by atoms with Crippen LogP contribution in [-0.2, 0) is 18.7 Å². The Labute approximate surface area is 74.4 Å². The fourth-order valence-corrected chi connectivity index (χ4v) is 1.08. The molecule has 2 N–H and O–H groups in total. The maximum atomic E-state index is 10.5. The van der Waals surface area contributed by atoms with Crippen molar-refractivity contribution in [3.05, 3.63) is 0 Å². The molecule has 0 aromatic rings. The molecule has 74 valence electrons. The Kier molecular flexibility index (Phi) is 3.81. The third kappa shape index (κ3) is 2.99. The molecule has 0 bridgehead atoms. The molecule has 0 fully saturated rings. The molecule has 1 atom stereocenters. The smallest absolute Gasteiger partial charge is 0.333 e. The van der Waals surface area contributed by atoms with E-state index in [0.29, 0.717) is 0 Å². The summed E-state index contributed by atoms with van der Waals surface area (Å²) in [6, 6.07) is 0. The van der Waals surface area contributed by atoms with Gasteiger partial charge in [0, 0.05) is 6.42 Å². The van der Waals surface area contributed by atoms with Gasteiger partial charge in [0.2, 0.25) is 0 Å². The van der Waals surface area contributed by atoms with Crippen molar-refractivity contribution < 1.29 is 28.9 Å². The number of rotatable bonds is 5. The topological polar surface area (TPSA) is 109 Å². The SMILES string of the molecule is CC(CCC(=O)O)(C(=O)O)P(=O)=O. The summed E-state index contributed by atoms with van der Waals surface area (Å²) >= 11 is 0. The van der Waals surface area contributed by atoms with Gasteiger partial charge in [0.15, 0.2) is 5.16 Å². The number of hydrogen-bond donors (Lipinski definition) is 2. The Hall–Kier alpha value is -1.16. The van der Waals surface area contributed by atoms with Gasteiger partial charge in [0.05, 0.1) is 0 Å². The Morgan fingerprint density at radius 1 is 1.31 bits per heavy atom. The molecule has 0 saturated carbocycles.